The Morgan fingerprint density at radius 1 is 1.00 bits per heavy atom. The van der Waals surface area contributed by atoms with Crippen LogP contribution >= 0.6 is 48.8 Å². The van der Waals surface area contributed by atoms with Crippen molar-refractivity contribution in [2.24, 2.45) is 0 Å². The van der Waals surface area contributed by atoms with E-state index in [4.69, 9.17) is 11.6 Å². The van der Waals surface area contributed by atoms with Gasteiger partial charge in [-0.3, -0.25) is 0 Å². The van der Waals surface area contributed by atoms with Gasteiger partial charge in [0.05, 0.1) is 5.69 Å². The lowest BCUT2D eigenvalue weighted by molar-refractivity contribution is 0.583. The average Bonchev–Trinajstić information content (AvgIpc) is 2.74. The van der Waals surface area contributed by atoms with Crippen LogP contribution in [0.25, 0.3) is 11.3 Å². The number of nitrogens with zero attached hydrogens (tertiary/aromatic N) is 3. The normalized spacial score (nSPS) is 15.2. The molecule has 1 saturated heterocycles. The van der Waals surface area contributed by atoms with E-state index in [-0.39, 0.29) is 37.2 Å². The minimum atomic E-state index is 0. The number of piperazine rings is 1. The highest BCUT2D eigenvalue weighted by molar-refractivity contribution is 6.31. The summed E-state index contributed by atoms with van der Waals surface area (Å²) in [5.74, 6) is 1.08. The molecule has 2 N–H and O–H groups in total. The summed E-state index contributed by atoms with van der Waals surface area (Å²) in [5, 5.41) is 7.59. The van der Waals surface area contributed by atoms with Crippen molar-refractivity contribution >= 4 is 60.3 Å². The van der Waals surface area contributed by atoms with E-state index in [1.807, 2.05) is 18.2 Å². The van der Waals surface area contributed by atoms with Gasteiger partial charge in [0.1, 0.15) is 12.1 Å². The van der Waals surface area contributed by atoms with Gasteiger partial charge in [-0.25, -0.2) is 9.97 Å². The van der Waals surface area contributed by atoms with Crippen LogP contribution in [0.5, 0.6) is 0 Å². The van der Waals surface area contributed by atoms with Crippen molar-refractivity contribution in [2.75, 3.05) is 42.9 Å². The molecule has 3 heterocycles. The molecule has 2 aromatic rings. The number of fused-ring (bicyclic) bond motifs is 3. The van der Waals surface area contributed by atoms with E-state index >= 15 is 0 Å². The fraction of sp³-hybridized carbons (Fsp3) is 0.375. The third-order valence-electron chi connectivity index (χ3n) is 4.27. The molecule has 0 spiro atoms. The maximum absolute atomic E-state index is 6.12. The Balaban J connectivity index is 0.00000104. The van der Waals surface area contributed by atoms with Crippen molar-refractivity contribution in [1.29, 1.82) is 0 Å². The second kappa shape index (κ2) is 9.64. The number of hydrogen-bond donors (Lipinski definition) is 2. The zero-order chi connectivity index (χ0) is 14.9. The molecule has 5 nitrogen and oxygen atoms in total. The summed E-state index contributed by atoms with van der Waals surface area (Å²) in [7, 11) is 0. The van der Waals surface area contributed by atoms with Gasteiger partial charge in [0.15, 0.2) is 0 Å². The van der Waals surface area contributed by atoms with Crippen LogP contribution in [0, 0.1) is 0 Å². The molecule has 9 heteroatoms. The van der Waals surface area contributed by atoms with E-state index in [1.165, 1.54) is 5.56 Å². The summed E-state index contributed by atoms with van der Waals surface area (Å²) in [6, 6.07) is 5.94. The molecular formula is C16H21Cl4N5. The van der Waals surface area contributed by atoms with Gasteiger partial charge in [-0.15, -0.1) is 37.2 Å². The molecular weight excluding hydrogens is 404 g/mol. The first-order valence-corrected chi connectivity index (χ1v) is 8.04. The monoisotopic (exact) mass is 423 g/mol. The van der Waals surface area contributed by atoms with Crippen molar-refractivity contribution in [3.8, 4) is 11.3 Å². The van der Waals surface area contributed by atoms with Crippen LogP contribution in [0.15, 0.2) is 24.5 Å². The first kappa shape index (κ1) is 22.1. The predicted octanol–water partition coefficient (Wildman–Crippen LogP) is 3.44. The summed E-state index contributed by atoms with van der Waals surface area (Å²) < 4.78 is 0. The SMILES string of the molecule is Cl.Cl.Cl.Clc1ccc2c(c1)NCCc1c-2ncnc1N1CCNCC1. The Morgan fingerprint density at radius 2 is 1.76 bits per heavy atom. The molecule has 0 atom stereocenters. The Morgan fingerprint density at radius 3 is 2.52 bits per heavy atom. The van der Waals surface area contributed by atoms with Crippen molar-refractivity contribution in [3.05, 3.63) is 35.1 Å². The smallest absolute Gasteiger partial charge is 0.135 e. The summed E-state index contributed by atoms with van der Waals surface area (Å²) in [6.45, 7) is 4.86. The number of rotatable bonds is 1. The number of benzene rings is 1. The molecule has 25 heavy (non-hydrogen) atoms. The zero-order valence-corrected chi connectivity index (χ0v) is 16.7. The molecule has 4 rings (SSSR count). The number of nitrogens with one attached hydrogen (secondary N) is 2. The van der Waals surface area contributed by atoms with Crippen LogP contribution < -0.4 is 15.5 Å². The molecule has 0 radical (unpaired) electrons. The van der Waals surface area contributed by atoms with Gasteiger partial charge in [-0.1, -0.05) is 11.6 Å². The summed E-state index contributed by atoms with van der Waals surface area (Å²) in [5.41, 5.74) is 4.42. The standard InChI is InChI=1S/C16H18ClN5.3ClH/c17-11-1-2-12-14(9-11)19-4-3-13-15(12)20-10-21-16(13)22-7-5-18-6-8-22;;;/h1-2,9-10,18-19H,3-8H2;3*1H. The predicted molar refractivity (Wildman–Crippen MR) is 111 cm³/mol. The maximum Gasteiger partial charge on any atom is 0.135 e. The lowest BCUT2D eigenvalue weighted by atomic mass is 10.0. The van der Waals surface area contributed by atoms with Crippen molar-refractivity contribution in [1.82, 2.24) is 15.3 Å². The molecule has 1 fully saturated rings. The molecule has 1 aromatic carbocycles. The van der Waals surface area contributed by atoms with Crippen LogP contribution in [-0.2, 0) is 6.42 Å². The second-order valence-electron chi connectivity index (χ2n) is 5.63. The highest BCUT2D eigenvalue weighted by Gasteiger charge is 2.22. The Hall–Kier alpha value is -0.980. The van der Waals surface area contributed by atoms with E-state index in [0.29, 0.717) is 0 Å². The molecule has 0 amide bonds. The highest BCUT2D eigenvalue weighted by atomic mass is 35.5. The van der Waals surface area contributed by atoms with Crippen LogP contribution in [0.2, 0.25) is 5.02 Å². The van der Waals surface area contributed by atoms with E-state index in [2.05, 4.69) is 25.5 Å². The lowest BCUT2D eigenvalue weighted by Crippen LogP contribution is -2.44. The topological polar surface area (TPSA) is 53.1 Å². The average molecular weight is 425 g/mol. The first-order chi connectivity index (χ1) is 10.8. The Bertz CT molecular complexity index is 707. The van der Waals surface area contributed by atoms with Gasteiger partial charge in [0.25, 0.3) is 0 Å². The highest BCUT2D eigenvalue weighted by Crippen LogP contribution is 2.36. The van der Waals surface area contributed by atoms with Gasteiger partial charge in [-0.05, 0) is 24.6 Å². The second-order valence-corrected chi connectivity index (χ2v) is 6.06. The number of hydrogen-bond acceptors (Lipinski definition) is 5. The third kappa shape index (κ3) is 4.41. The fourth-order valence-electron chi connectivity index (χ4n) is 3.21. The van der Waals surface area contributed by atoms with Crippen molar-refractivity contribution in [2.45, 2.75) is 6.42 Å². The molecule has 0 aliphatic carbocycles. The molecule has 0 saturated carbocycles. The molecule has 138 valence electrons. The minimum absolute atomic E-state index is 0. The summed E-state index contributed by atoms with van der Waals surface area (Å²) in [4.78, 5) is 11.5. The molecule has 2 aliphatic heterocycles. The van der Waals surface area contributed by atoms with E-state index in [0.717, 1.165) is 66.9 Å². The lowest BCUT2D eigenvalue weighted by Gasteiger charge is -2.30. The van der Waals surface area contributed by atoms with Crippen molar-refractivity contribution in [3.63, 3.8) is 0 Å². The third-order valence-corrected chi connectivity index (χ3v) is 4.50. The van der Waals surface area contributed by atoms with Gasteiger partial charge in [0.2, 0.25) is 0 Å². The molecule has 1 aromatic heterocycles. The number of halogens is 4. The minimum Gasteiger partial charge on any atom is -0.384 e. The van der Waals surface area contributed by atoms with Crippen LogP contribution in [-0.4, -0.2) is 42.7 Å². The van der Waals surface area contributed by atoms with Gasteiger partial charge >= 0.3 is 0 Å². The quantitative estimate of drug-likeness (QED) is 0.734. The first-order valence-electron chi connectivity index (χ1n) is 7.66. The van der Waals surface area contributed by atoms with E-state index in [1.54, 1.807) is 6.33 Å². The largest absolute Gasteiger partial charge is 0.384 e. The summed E-state index contributed by atoms with van der Waals surface area (Å²) >= 11 is 6.12. The fourth-order valence-corrected chi connectivity index (χ4v) is 3.38. The molecule has 0 unspecified atom stereocenters. The summed E-state index contributed by atoms with van der Waals surface area (Å²) in [6.07, 6.45) is 2.60. The molecule has 0 bridgehead atoms. The van der Waals surface area contributed by atoms with Crippen LogP contribution in [0.4, 0.5) is 11.5 Å². The number of aromatic nitrogens is 2. The van der Waals surface area contributed by atoms with Gasteiger partial charge in [0, 0.05) is 54.6 Å². The van der Waals surface area contributed by atoms with Crippen LogP contribution in [0.3, 0.4) is 0 Å². The molecule has 2 aliphatic rings. The maximum atomic E-state index is 6.12. The van der Waals surface area contributed by atoms with Crippen LogP contribution in [0.1, 0.15) is 5.56 Å². The van der Waals surface area contributed by atoms with Crippen molar-refractivity contribution < 1.29 is 0 Å². The van der Waals surface area contributed by atoms with Gasteiger partial charge in [-0.2, -0.15) is 0 Å². The Labute approximate surface area is 171 Å². The van der Waals surface area contributed by atoms with E-state index < -0.39 is 0 Å². The Kier molecular flexibility index (Phi) is 8.51. The van der Waals surface area contributed by atoms with Gasteiger partial charge < -0.3 is 15.5 Å². The van der Waals surface area contributed by atoms with E-state index in [9.17, 15) is 0 Å². The number of anilines is 2. The zero-order valence-electron chi connectivity index (χ0n) is 13.5.